The molecule has 0 atom stereocenters. The first-order valence-electron chi connectivity index (χ1n) is 12.5. The van der Waals surface area contributed by atoms with Crippen LogP contribution in [0.3, 0.4) is 0 Å². The summed E-state index contributed by atoms with van der Waals surface area (Å²) in [5, 5.41) is 19.1. The fourth-order valence-electron chi connectivity index (χ4n) is 4.72. The van der Waals surface area contributed by atoms with E-state index in [0.29, 0.717) is 35.7 Å². The van der Waals surface area contributed by atoms with Crippen molar-refractivity contribution in [2.75, 3.05) is 60.5 Å². The summed E-state index contributed by atoms with van der Waals surface area (Å²) in [6.45, 7) is 4.71. The highest BCUT2D eigenvalue weighted by Crippen LogP contribution is 2.37. The number of para-hydroxylation sites is 1. The van der Waals surface area contributed by atoms with Gasteiger partial charge in [0.2, 0.25) is 0 Å². The Hall–Kier alpha value is -3.66. The van der Waals surface area contributed by atoms with Crippen molar-refractivity contribution in [3.05, 3.63) is 59.2 Å². The van der Waals surface area contributed by atoms with Crippen LogP contribution in [0.15, 0.2) is 48.7 Å². The van der Waals surface area contributed by atoms with E-state index in [-0.39, 0.29) is 22.2 Å². The van der Waals surface area contributed by atoms with Crippen LogP contribution < -0.4 is 4.74 Å². The van der Waals surface area contributed by atoms with Crippen LogP contribution >= 0.6 is 11.6 Å². The van der Waals surface area contributed by atoms with E-state index >= 15 is 0 Å². The van der Waals surface area contributed by atoms with E-state index in [9.17, 15) is 9.90 Å². The van der Waals surface area contributed by atoms with Gasteiger partial charge in [-0.1, -0.05) is 23.7 Å². The maximum atomic E-state index is 13.4. The highest BCUT2D eigenvalue weighted by atomic mass is 35.5. The van der Waals surface area contributed by atoms with Crippen molar-refractivity contribution in [1.82, 2.24) is 29.9 Å². The Morgan fingerprint density at radius 2 is 1.89 bits per heavy atom. The monoisotopic (exact) mass is 534 g/mol. The Kier molecular flexibility index (Phi) is 7.51. The minimum atomic E-state index is -0.231. The second-order valence-electron chi connectivity index (χ2n) is 9.68. The molecule has 0 bridgehead atoms. The molecular weight excluding hydrogens is 504 g/mol. The van der Waals surface area contributed by atoms with Crippen LogP contribution in [0, 0.1) is 0 Å². The van der Waals surface area contributed by atoms with Gasteiger partial charge in [-0.15, -0.1) is 0 Å². The van der Waals surface area contributed by atoms with E-state index in [2.05, 4.69) is 39.1 Å². The number of aromatic amines is 1. The van der Waals surface area contributed by atoms with E-state index in [1.807, 2.05) is 30.3 Å². The van der Waals surface area contributed by atoms with Gasteiger partial charge in [0.1, 0.15) is 17.2 Å². The minimum Gasteiger partial charge on any atom is -0.506 e. The fourth-order valence-corrected chi connectivity index (χ4v) is 4.94. The van der Waals surface area contributed by atoms with E-state index in [0.717, 1.165) is 42.7 Å². The second-order valence-corrected chi connectivity index (χ2v) is 10.1. The van der Waals surface area contributed by atoms with Crippen molar-refractivity contribution in [2.24, 2.45) is 0 Å². The number of pyridine rings is 1. The summed E-state index contributed by atoms with van der Waals surface area (Å²) in [7, 11) is 5.73. The number of methoxy groups -OCH3 is 1. The highest BCUT2D eigenvalue weighted by molar-refractivity contribution is 6.33. The molecule has 38 heavy (non-hydrogen) atoms. The maximum absolute atomic E-state index is 13.4. The SMILES string of the molecule is COc1ccccc1-c1n[nH]c2ncc(-c3cc(Cl)c(O)c(C(=O)N4CCN(CCN(C)C)CC4)c3)cc12. The van der Waals surface area contributed by atoms with Gasteiger partial charge in [0, 0.05) is 62.0 Å². The second kappa shape index (κ2) is 11.0. The van der Waals surface area contributed by atoms with Gasteiger partial charge in [0.25, 0.3) is 5.91 Å². The lowest BCUT2D eigenvalue weighted by atomic mass is 10.0. The number of benzene rings is 2. The minimum absolute atomic E-state index is 0.118. The van der Waals surface area contributed by atoms with Gasteiger partial charge in [0.05, 0.1) is 17.7 Å². The molecule has 0 spiro atoms. The predicted molar refractivity (Wildman–Crippen MR) is 149 cm³/mol. The number of phenolic OH excluding ortho intramolecular Hbond substituents is 1. The summed E-state index contributed by atoms with van der Waals surface area (Å²) in [5.74, 6) is 0.266. The van der Waals surface area contributed by atoms with Crippen LogP contribution in [-0.2, 0) is 0 Å². The van der Waals surface area contributed by atoms with Crippen molar-refractivity contribution in [3.8, 4) is 33.9 Å². The molecule has 9 nitrogen and oxygen atoms in total. The lowest BCUT2D eigenvalue weighted by Gasteiger charge is -2.35. The van der Waals surface area contributed by atoms with Crippen LogP contribution in [0.4, 0.5) is 0 Å². The molecule has 1 amide bonds. The van der Waals surface area contributed by atoms with E-state index in [1.165, 1.54) is 0 Å². The van der Waals surface area contributed by atoms with Crippen molar-refractivity contribution in [2.45, 2.75) is 0 Å². The molecule has 198 valence electrons. The van der Waals surface area contributed by atoms with Crippen molar-refractivity contribution >= 4 is 28.5 Å². The standard InChI is InChI=1S/C28H31ClN6O3/c1-33(2)8-9-34-10-12-35(13-11-34)28(37)22-14-18(16-23(29)26(22)36)19-15-21-25(31-32-27(21)30-17-19)20-6-4-5-7-24(20)38-3/h4-7,14-17,36H,8-13H2,1-3H3,(H,30,31,32). The number of carbonyl (C=O) groups is 1. The van der Waals surface area contributed by atoms with Gasteiger partial charge in [-0.25, -0.2) is 4.98 Å². The highest BCUT2D eigenvalue weighted by Gasteiger charge is 2.26. The van der Waals surface area contributed by atoms with Gasteiger partial charge >= 0.3 is 0 Å². The number of carbonyl (C=O) groups excluding carboxylic acids is 1. The molecule has 1 fully saturated rings. The average molecular weight is 535 g/mol. The molecule has 0 aliphatic carbocycles. The number of H-pyrrole nitrogens is 1. The first-order chi connectivity index (χ1) is 18.4. The molecule has 0 saturated carbocycles. The third-order valence-corrected chi connectivity index (χ3v) is 7.22. The van der Waals surface area contributed by atoms with Gasteiger partial charge < -0.3 is 19.6 Å². The largest absolute Gasteiger partial charge is 0.506 e. The van der Waals surface area contributed by atoms with E-state index in [4.69, 9.17) is 16.3 Å². The number of amides is 1. The Bertz CT molecular complexity index is 1460. The summed E-state index contributed by atoms with van der Waals surface area (Å²) < 4.78 is 5.53. The summed E-state index contributed by atoms with van der Waals surface area (Å²) in [6.07, 6.45) is 1.70. The number of aromatic nitrogens is 3. The lowest BCUT2D eigenvalue weighted by Crippen LogP contribution is -2.50. The zero-order valence-electron chi connectivity index (χ0n) is 21.7. The molecule has 0 unspecified atom stereocenters. The summed E-state index contributed by atoms with van der Waals surface area (Å²) >= 11 is 6.42. The Morgan fingerprint density at radius 1 is 1.13 bits per heavy atom. The molecular formula is C28H31ClN6O3. The number of fused-ring (bicyclic) bond motifs is 1. The number of phenols is 1. The first-order valence-corrected chi connectivity index (χ1v) is 12.9. The molecule has 3 heterocycles. The number of rotatable bonds is 7. The molecule has 0 radical (unpaired) electrons. The van der Waals surface area contributed by atoms with Gasteiger partial charge in [-0.2, -0.15) is 5.10 Å². The number of nitrogens with one attached hydrogen (secondary N) is 1. The molecule has 1 aliphatic rings. The molecule has 4 aromatic rings. The maximum Gasteiger partial charge on any atom is 0.257 e. The number of hydrogen-bond donors (Lipinski definition) is 2. The van der Waals surface area contributed by atoms with E-state index < -0.39 is 0 Å². The molecule has 2 aromatic carbocycles. The third-order valence-electron chi connectivity index (χ3n) is 6.93. The third kappa shape index (κ3) is 5.18. The Labute approximate surface area is 226 Å². The molecule has 2 N–H and O–H groups in total. The normalized spacial score (nSPS) is 14.4. The smallest absolute Gasteiger partial charge is 0.257 e. The zero-order chi connectivity index (χ0) is 26.8. The number of nitrogens with zero attached hydrogens (tertiary/aromatic N) is 5. The number of halogens is 1. The van der Waals surface area contributed by atoms with Gasteiger partial charge in [0.15, 0.2) is 5.65 Å². The number of aromatic hydroxyl groups is 1. The first kappa shape index (κ1) is 26.0. The molecule has 10 heteroatoms. The van der Waals surface area contributed by atoms with Crippen LogP contribution in [0.25, 0.3) is 33.4 Å². The van der Waals surface area contributed by atoms with Crippen molar-refractivity contribution < 1.29 is 14.6 Å². The number of hydrogen-bond acceptors (Lipinski definition) is 7. The molecule has 2 aromatic heterocycles. The quantitative estimate of drug-likeness (QED) is 0.370. The molecule has 1 aliphatic heterocycles. The van der Waals surface area contributed by atoms with Gasteiger partial charge in [-0.05, 0) is 50.0 Å². The van der Waals surface area contributed by atoms with Crippen LogP contribution in [-0.4, -0.2) is 101 Å². The van der Waals surface area contributed by atoms with Gasteiger partial charge in [-0.3, -0.25) is 14.8 Å². The number of ether oxygens (including phenoxy) is 1. The Balaban J connectivity index is 1.44. The molecule has 5 rings (SSSR count). The topological polar surface area (TPSA) is 97.8 Å². The average Bonchev–Trinajstić information content (AvgIpc) is 3.36. The Morgan fingerprint density at radius 3 is 2.63 bits per heavy atom. The lowest BCUT2D eigenvalue weighted by molar-refractivity contribution is 0.0627. The summed E-state index contributed by atoms with van der Waals surface area (Å²) in [5.41, 5.74) is 3.79. The predicted octanol–water partition coefficient (Wildman–Crippen LogP) is 3.98. The van der Waals surface area contributed by atoms with Crippen LogP contribution in [0.2, 0.25) is 5.02 Å². The fraction of sp³-hybridized carbons (Fsp3) is 0.321. The number of piperazine rings is 1. The van der Waals surface area contributed by atoms with Crippen LogP contribution in [0.1, 0.15) is 10.4 Å². The number of likely N-dealkylation sites (N-methyl/N-ethyl adjacent to an activating group) is 1. The van der Waals surface area contributed by atoms with Crippen molar-refractivity contribution in [1.29, 1.82) is 0 Å². The van der Waals surface area contributed by atoms with E-state index in [1.54, 1.807) is 30.3 Å². The van der Waals surface area contributed by atoms with Crippen molar-refractivity contribution in [3.63, 3.8) is 0 Å². The molecule has 1 saturated heterocycles. The van der Waals surface area contributed by atoms with Crippen LogP contribution in [0.5, 0.6) is 11.5 Å². The zero-order valence-corrected chi connectivity index (χ0v) is 22.5. The summed E-state index contributed by atoms with van der Waals surface area (Å²) in [6, 6.07) is 12.9. The summed E-state index contributed by atoms with van der Waals surface area (Å²) in [4.78, 5) is 24.3.